The first-order chi connectivity index (χ1) is 7.04. The Labute approximate surface area is 97.2 Å². The molecule has 0 saturated carbocycles. The van der Waals surface area contributed by atoms with Gasteiger partial charge in [-0.15, -0.1) is 0 Å². The quantitative estimate of drug-likeness (QED) is 0.620. The standard InChI is InChI=1S/C11H23N3O2/c1-10(2,3)14-8(15)6-13-7-11(4,5)9(12)16/h13H,6-7H2,1-5H3,(H2,12,16)(H,14,15). The number of nitrogens with one attached hydrogen (secondary N) is 2. The van der Waals surface area contributed by atoms with Gasteiger partial charge in [-0.05, 0) is 34.6 Å². The molecule has 0 aromatic carbocycles. The average Bonchev–Trinajstić information content (AvgIpc) is 1.99. The van der Waals surface area contributed by atoms with Crippen molar-refractivity contribution in [3.63, 3.8) is 0 Å². The van der Waals surface area contributed by atoms with Crippen LogP contribution in [0.2, 0.25) is 0 Å². The fourth-order valence-corrected chi connectivity index (χ4v) is 1.04. The largest absolute Gasteiger partial charge is 0.369 e. The molecule has 16 heavy (non-hydrogen) atoms. The molecule has 0 unspecified atom stereocenters. The molecule has 0 spiro atoms. The van der Waals surface area contributed by atoms with E-state index in [0.29, 0.717) is 6.54 Å². The minimum atomic E-state index is -0.637. The van der Waals surface area contributed by atoms with Gasteiger partial charge in [-0.2, -0.15) is 0 Å². The second kappa shape index (κ2) is 5.30. The number of carbonyl (C=O) groups is 2. The second-order valence-corrected chi connectivity index (χ2v) is 5.65. The van der Waals surface area contributed by atoms with Gasteiger partial charge in [-0.3, -0.25) is 9.59 Å². The summed E-state index contributed by atoms with van der Waals surface area (Å²) in [5.41, 5.74) is 4.33. The minimum absolute atomic E-state index is 0.0900. The lowest BCUT2D eigenvalue weighted by molar-refractivity contribution is -0.126. The molecule has 0 aromatic heterocycles. The Balaban J connectivity index is 3.92. The second-order valence-electron chi connectivity index (χ2n) is 5.65. The molecule has 0 atom stereocenters. The molecule has 0 heterocycles. The molecule has 4 N–H and O–H groups in total. The van der Waals surface area contributed by atoms with Crippen molar-refractivity contribution in [3.05, 3.63) is 0 Å². The summed E-state index contributed by atoms with van der Waals surface area (Å²) in [5.74, 6) is -0.469. The van der Waals surface area contributed by atoms with E-state index in [0.717, 1.165) is 0 Å². The van der Waals surface area contributed by atoms with Gasteiger partial charge in [0.1, 0.15) is 0 Å². The maximum atomic E-state index is 11.4. The van der Waals surface area contributed by atoms with Crippen LogP contribution < -0.4 is 16.4 Å². The highest BCUT2D eigenvalue weighted by Gasteiger charge is 2.24. The van der Waals surface area contributed by atoms with Crippen LogP contribution in [0.25, 0.3) is 0 Å². The van der Waals surface area contributed by atoms with Gasteiger partial charge >= 0.3 is 0 Å². The van der Waals surface area contributed by atoms with E-state index in [4.69, 9.17) is 5.73 Å². The van der Waals surface area contributed by atoms with Gasteiger partial charge in [0.05, 0.1) is 12.0 Å². The zero-order valence-electron chi connectivity index (χ0n) is 10.8. The van der Waals surface area contributed by atoms with Crippen molar-refractivity contribution in [1.29, 1.82) is 0 Å². The highest BCUT2D eigenvalue weighted by molar-refractivity contribution is 5.81. The summed E-state index contributed by atoms with van der Waals surface area (Å²) in [6, 6.07) is 0. The molecule has 0 aliphatic heterocycles. The molecule has 0 radical (unpaired) electrons. The van der Waals surface area contributed by atoms with E-state index in [-0.39, 0.29) is 23.9 Å². The van der Waals surface area contributed by atoms with Gasteiger partial charge in [0.15, 0.2) is 0 Å². The molecule has 0 fully saturated rings. The Morgan fingerprint density at radius 2 is 1.62 bits per heavy atom. The number of hydrogen-bond acceptors (Lipinski definition) is 3. The third-order valence-electron chi connectivity index (χ3n) is 2.03. The molecule has 0 aliphatic carbocycles. The van der Waals surface area contributed by atoms with Crippen molar-refractivity contribution < 1.29 is 9.59 Å². The molecular formula is C11H23N3O2. The van der Waals surface area contributed by atoms with E-state index in [1.165, 1.54) is 0 Å². The lowest BCUT2D eigenvalue weighted by Crippen LogP contribution is -2.47. The van der Waals surface area contributed by atoms with Crippen molar-refractivity contribution in [2.75, 3.05) is 13.1 Å². The number of rotatable bonds is 5. The van der Waals surface area contributed by atoms with Crippen LogP contribution in [0.4, 0.5) is 0 Å². The molecule has 0 aromatic rings. The lowest BCUT2D eigenvalue weighted by atomic mass is 9.93. The summed E-state index contributed by atoms with van der Waals surface area (Å²) in [6.07, 6.45) is 0. The highest BCUT2D eigenvalue weighted by atomic mass is 16.2. The summed E-state index contributed by atoms with van der Waals surface area (Å²) in [4.78, 5) is 22.4. The number of nitrogens with two attached hydrogens (primary N) is 1. The van der Waals surface area contributed by atoms with Gasteiger partial charge < -0.3 is 16.4 Å². The maximum absolute atomic E-state index is 11.4. The zero-order chi connectivity index (χ0) is 13.0. The third-order valence-corrected chi connectivity index (χ3v) is 2.03. The van der Waals surface area contributed by atoms with Crippen LogP contribution in [0.1, 0.15) is 34.6 Å². The summed E-state index contributed by atoms with van der Waals surface area (Å²) in [5, 5.41) is 5.73. The smallest absolute Gasteiger partial charge is 0.234 e. The molecular weight excluding hydrogens is 206 g/mol. The maximum Gasteiger partial charge on any atom is 0.234 e. The summed E-state index contributed by atoms with van der Waals surface area (Å²) in [7, 11) is 0. The number of primary amides is 1. The Morgan fingerprint density at radius 3 is 2.00 bits per heavy atom. The Morgan fingerprint density at radius 1 is 1.12 bits per heavy atom. The van der Waals surface area contributed by atoms with E-state index in [1.807, 2.05) is 20.8 Å². The molecule has 2 amide bonds. The van der Waals surface area contributed by atoms with Crippen LogP contribution in [0.3, 0.4) is 0 Å². The van der Waals surface area contributed by atoms with Crippen LogP contribution >= 0.6 is 0 Å². The average molecular weight is 229 g/mol. The Kier molecular flexibility index (Phi) is 4.93. The van der Waals surface area contributed by atoms with E-state index in [2.05, 4.69) is 10.6 Å². The molecule has 0 bridgehead atoms. The predicted octanol–water partition coefficient (Wildman–Crippen LogP) is 0.00220. The SMILES string of the molecule is CC(C)(C)NC(=O)CNCC(C)(C)C(N)=O. The fourth-order valence-electron chi connectivity index (χ4n) is 1.04. The molecule has 0 aliphatic rings. The highest BCUT2D eigenvalue weighted by Crippen LogP contribution is 2.11. The fraction of sp³-hybridized carbons (Fsp3) is 0.818. The molecule has 0 saturated heterocycles. The van der Waals surface area contributed by atoms with Gasteiger partial charge in [0.2, 0.25) is 11.8 Å². The van der Waals surface area contributed by atoms with Crippen LogP contribution in [0.15, 0.2) is 0 Å². The zero-order valence-corrected chi connectivity index (χ0v) is 10.8. The predicted molar refractivity (Wildman–Crippen MR) is 63.7 cm³/mol. The van der Waals surface area contributed by atoms with Gasteiger partial charge in [-0.25, -0.2) is 0 Å². The number of amides is 2. The number of hydrogen-bond donors (Lipinski definition) is 3. The first kappa shape index (κ1) is 14.9. The summed E-state index contributed by atoms with van der Waals surface area (Å²) < 4.78 is 0. The molecule has 5 heteroatoms. The van der Waals surface area contributed by atoms with Crippen molar-refractivity contribution in [3.8, 4) is 0 Å². The summed E-state index contributed by atoms with van der Waals surface area (Å²) in [6.45, 7) is 9.80. The Hall–Kier alpha value is -1.10. The third kappa shape index (κ3) is 6.40. The Bertz CT molecular complexity index is 267. The molecule has 5 nitrogen and oxygen atoms in total. The van der Waals surface area contributed by atoms with Crippen LogP contribution in [0, 0.1) is 5.41 Å². The van der Waals surface area contributed by atoms with E-state index in [1.54, 1.807) is 13.8 Å². The van der Waals surface area contributed by atoms with Gasteiger partial charge in [0, 0.05) is 12.1 Å². The van der Waals surface area contributed by atoms with Crippen LogP contribution in [-0.4, -0.2) is 30.4 Å². The van der Waals surface area contributed by atoms with Crippen molar-refractivity contribution in [1.82, 2.24) is 10.6 Å². The minimum Gasteiger partial charge on any atom is -0.369 e. The van der Waals surface area contributed by atoms with E-state index in [9.17, 15) is 9.59 Å². The normalized spacial score (nSPS) is 12.3. The summed E-state index contributed by atoms with van der Waals surface area (Å²) >= 11 is 0. The van der Waals surface area contributed by atoms with Crippen molar-refractivity contribution >= 4 is 11.8 Å². The monoisotopic (exact) mass is 229 g/mol. The topological polar surface area (TPSA) is 84.2 Å². The molecule has 94 valence electrons. The lowest BCUT2D eigenvalue weighted by Gasteiger charge is -2.23. The van der Waals surface area contributed by atoms with Crippen LogP contribution in [0.5, 0.6) is 0 Å². The van der Waals surface area contributed by atoms with E-state index < -0.39 is 5.41 Å². The van der Waals surface area contributed by atoms with Gasteiger partial charge in [-0.1, -0.05) is 0 Å². The van der Waals surface area contributed by atoms with Gasteiger partial charge in [0.25, 0.3) is 0 Å². The first-order valence-electron chi connectivity index (χ1n) is 5.36. The molecule has 0 rings (SSSR count). The van der Waals surface area contributed by atoms with Crippen LogP contribution in [-0.2, 0) is 9.59 Å². The van der Waals surface area contributed by atoms with E-state index >= 15 is 0 Å². The van der Waals surface area contributed by atoms with Crippen molar-refractivity contribution in [2.24, 2.45) is 11.1 Å². The van der Waals surface area contributed by atoms with Crippen molar-refractivity contribution in [2.45, 2.75) is 40.2 Å². The number of carbonyl (C=O) groups excluding carboxylic acids is 2. The first-order valence-corrected chi connectivity index (χ1v) is 5.36.